The minimum atomic E-state index is 0. The number of halogens is 2. The summed E-state index contributed by atoms with van der Waals surface area (Å²) in [5.41, 5.74) is 8.48. The second kappa shape index (κ2) is 5.26. The van der Waals surface area contributed by atoms with Crippen LogP contribution in [0.25, 0.3) is 0 Å². The smallest absolute Gasteiger partial charge is 0.0317 e. The fraction of sp³-hybridized carbons (Fsp3) is 0.833. The summed E-state index contributed by atoms with van der Waals surface area (Å²) in [6.07, 6.45) is 9.07. The average Bonchev–Trinajstić information content (AvgIpc) is 3.00. The van der Waals surface area contributed by atoms with Crippen LogP contribution in [0.4, 0.5) is 0 Å². The Balaban J connectivity index is 0.000000640. The lowest BCUT2D eigenvalue weighted by Gasteiger charge is -2.38. The molecule has 16 heavy (non-hydrogen) atoms. The van der Waals surface area contributed by atoms with Gasteiger partial charge in [-0.15, -0.1) is 24.8 Å². The molecule has 3 rings (SSSR count). The van der Waals surface area contributed by atoms with E-state index >= 15 is 0 Å². The van der Waals surface area contributed by atoms with Gasteiger partial charge in [-0.25, -0.2) is 0 Å². The number of nitrogens with one attached hydrogen (secondary N) is 1. The lowest BCUT2D eigenvalue weighted by Crippen LogP contribution is -2.46. The van der Waals surface area contributed by atoms with Crippen molar-refractivity contribution in [3.8, 4) is 0 Å². The highest BCUT2D eigenvalue weighted by molar-refractivity contribution is 5.85. The molecule has 0 unspecified atom stereocenters. The van der Waals surface area contributed by atoms with E-state index in [4.69, 9.17) is 5.73 Å². The first-order valence-electron chi connectivity index (χ1n) is 5.98. The molecule has 3 aliphatic rings. The molecule has 1 saturated heterocycles. The summed E-state index contributed by atoms with van der Waals surface area (Å²) >= 11 is 0. The van der Waals surface area contributed by atoms with Crippen LogP contribution >= 0.6 is 24.8 Å². The highest BCUT2D eigenvalue weighted by Gasteiger charge is 2.46. The normalized spacial score (nSPS) is 31.6. The molecule has 94 valence electrons. The summed E-state index contributed by atoms with van der Waals surface area (Å²) in [6, 6.07) is 0.386. The maximum atomic E-state index is 6.43. The second-order valence-corrected chi connectivity index (χ2v) is 5.27. The van der Waals surface area contributed by atoms with Gasteiger partial charge in [0.05, 0.1) is 0 Å². The Morgan fingerprint density at radius 2 is 1.81 bits per heavy atom. The number of hydrogen-bond acceptors (Lipinski definition) is 2. The van der Waals surface area contributed by atoms with Gasteiger partial charge in [-0.2, -0.15) is 0 Å². The number of hydrogen-bond donors (Lipinski definition) is 2. The molecule has 1 spiro atoms. The van der Waals surface area contributed by atoms with Gasteiger partial charge in [0, 0.05) is 6.04 Å². The fourth-order valence-corrected chi connectivity index (χ4v) is 3.21. The molecule has 2 nitrogen and oxygen atoms in total. The van der Waals surface area contributed by atoms with Crippen LogP contribution < -0.4 is 11.1 Å². The molecule has 1 atom stereocenters. The zero-order valence-corrected chi connectivity index (χ0v) is 11.2. The van der Waals surface area contributed by atoms with Crippen molar-refractivity contribution in [1.29, 1.82) is 0 Å². The van der Waals surface area contributed by atoms with Gasteiger partial charge in [0.2, 0.25) is 0 Å². The standard InChI is InChI=1S/C12H20N2.2ClH/c13-11-10(9-1-2-9)3-4-12(11)5-7-14-8-6-12;;/h3,9,11,14H,1-2,4-8,13H2;2*1H/t11-;;/m1../s1. The molecule has 2 fully saturated rings. The molecule has 1 aliphatic heterocycles. The van der Waals surface area contributed by atoms with Crippen molar-refractivity contribution in [2.45, 2.75) is 38.1 Å². The molecule has 0 aromatic carbocycles. The summed E-state index contributed by atoms with van der Waals surface area (Å²) in [7, 11) is 0. The minimum Gasteiger partial charge on any atom is -0.324 e. The Morgan fingerprint density at radius 3 is 2.38 bits per heavy atom. The molecule has 3 N–H and O–H groups in total. The van der Waals surface area contributed by atoms with Crippen LogP contribution in [0.15, 0.2) is 11.6 Å². The van der Waals surface area contributed by atoms with E-state index in [1.807, 2.05) is 0 Å². The van der Waals surface area contributed by atoms with Crippen LogP contribution in [0.2, 0.25) is 0 Å². The Morgan fingerprint density at radius 1 is 1.19 bits per heavy atom. The number of nitrogens with two attached hydrogens (primary N) is 1. The first kappa shape index (κ1) is 14.3. The monoisotopic (exact) mass is 264 g/mol. The first-order valence-corrected chi connectivity index (χ1v) is 5.98. The van der Waals surface area contributed by atoms with E-state index in [2.05, 4.69) is 11.4 Å². The van der Waals surface area contributed by atoms with E-state index in [1.165, 1.54) is 45.2 Å². The number of piperidine rings is 1. The first-order chi connectivity index (χ1) is 6.82. The molecule has 1 saturated carbocycles. The average molecular weight is 265 g/mol. The molecule has 1 heterocycles. The quantitative estimate of drug-likeness (QED) is 0.714. The minimum absolute atomic E-state index is 0. The topological polar surface area (TPSA) is 38.0 Å². The third-order valence-electron chi connectivity index (χ3n) is 4.41. The van der Waals surface area contributed by atoms with E-state index in [0.717, 1.165) is 5.92 Å². The maximum Gasteiger partial charge on any atom is 0.0317 e. The zero-order valence-electron chi connectivity index (χ0n) is 9.58. The van der Waals surface area contributed by atoms with Crippen LogP contribution in [-0.2, 0) is 0 Å². The van der Waals surface area contributed by atoms with Crippen LogP contribution in [-0.4, -0.2) is 19.1 Å². The van der Waals surface area contributed by atoms with Gasteiger partial charge < -0.3 is 11.1 Å². The molecule has 0 bridgehead atoms. The van der Waals surface area contributed by atoms with Crippen LogP contribution in [0.3, 0.4) is 0 Å². The third kappa shape index (κ3) is 2.26. The predicted molar refractivity (Wildman–Crippen MR) is 72.4 cm³/mol. The van der Waals surface area contributed by atoms with Gasteiger partial charge in [-0.3, -0.25) is 0 Å². The van der Waals surface area contributed by atoms with E-state index in [1.54, 1.807) is 5.57 Å². The van der Waals surface area contributed by atoms with Gasteiger partial charge in [0.1, 0.15) is 0 Å². The lowest BCUT2D eigenvalue weighted by atomic mass is 9.72. The fourth-order valence-electron chi connectivity index (χ4n) is 3.21. The van der Waals surface area contributed by atoms with Gasteiger partial charge in [0.15, 0.2) is 0 Å². The van der Waals surface area contributed by atoms with Crippen molar-refractivity contribution in [3.63, 3.8) is 0 Å². The molecule has 0 radical (unpaired) electrons. The molecule has 4 heteroatoms. The van der Waals surface area contributed by atoms with Crippen molar-refractivity contribution in [3.05, 3.63) is 11.6 Å². The van der Waals surface area contributed by atoms with E-state index in [-0.39, 0.29) is 24.8 Å². The second-order valence-electron chi connectivity index (χ2n) is 5.27. The van der Waals surface area contributed by atoms with Gasteiger partial charge in [-0.05, 0) is 56.5 Å². The van der Waals surface area contributed by atoms with Crippen molar-refractivity contribution < 1.29 is 0 Å². The number of allylic oxidation sites excluding steroid dienone is 1. The Labute approximate surface area is 110 Å². The SMILES string of the molecule is Cl.Cl.N[C@@H]1C(C2CC2)=CCC12CCNCC2. The largest absolute Gasteiger partial charge is 0.324 e. The van der Waals surface area contributed by atoms with Crippen LogP contribution in [0, 0.1) is 11.3 Å². The third-order valence-corrected chi connectivity index (χ3v) is 4.41. The van der Waals surface area contributed by atoms with Crippen molar-refractivity contribution in [2.24, 2.45) is 17.1 Å². The van der Waals surface area contributed by atoms with E-state index in [0.29, 0.717) is 11.5 Å². The van der Waals surface area contributed by atoms with Crippen LogP contribution in [0.5, 0.6) is 0 Å². The summed E-state index contributed by atoms with van der Waals surface area (Å²) < 4.78 is 0. The highest BCUT2D eigenvalue weighted by Crippen LogP contribution is 2.50. The summed E-state index contributed by atoms with van der Waals surface area (Å²) in [5, 5.41) is 3.44. The summed E-state index contributed by atoms with van der Waals surface area (Å²) in [5.74, 6) is 0.874. The molecule has 2 aliphatic carbocycles. The molecular weight excluding hydrogens is 243 g/mol. The van der Waals surface area contributed by atoms with Gasteiger partial charge >= 0.3 is 0 Å². The molecule has 0 amide bonds. The van der Waals surface area contributed by atoms with E-state index in [9.17, 15) is 0 Å². The predicted octanol–water partition coefficient (Wildman–Crippen LogP) is 2.27. The van der Waals surface area contributed by atoms with Gasteiger partial charge in [-0.1, -0.05) is 11.6 Å². The number of rotatable bonds is 1. The highest BCUT2D eigenvalue weighted by atomic mass is 35.5. The zero-order chi connectivity index (χ0) is 9.60. The molecular formula is C12H22Cl2N2. The Hall–Kier alpha value is 0.240. The van der Waals surface area contributed by atoms with Crippen molar-refractivity contribution >= 4 is 24.8 Å². The summed E-state index contributed by atoms with van der Waals surface area (Å²) in [4.78, 5) is 0. The maximum absolute atomic E-state index is 6.43. The van der Waals surface area contributed by atoms with Crippen molar-refractivity contribution in [1.82, 2.24) is 5.32 Å². The summed E-state index contributed by atoms with van der Waals surface area (Å²) in [6.45, 7) is 2.33. The lowest BCUT2D eigenvalue weighted by molar-refractivity contribution is 0.189. The molecule has 0 aromatic heterocycles. The van der Waals surface area contributed by atoms with Gasteiger partial charge in [0.25, 0.3) is 0 Å². The van der Waals surface area contributed by atoms with Crippen molar-refractivity contribution in [2.75, 3.05) is 13.1 Å². The Bertz CT molecular complexity index is 268. The van der Waals surface area contributed by atoms with Crippen LogP contribution in [0.1, 0.15) is 32.1 Å². The Kier molecular flexibility index (Phi) is 4.70. The van der Waals surface area contributed by atoms with E-state index < -0.39 is 0 Å². The molecule has 0 aromatic rings.